The van der Waals surface area contributed by atoms with Gasteiger partial charge in [-0.2, -0.15) is 15.4 Å². The van der Waals surface area contributed by atoms with Crippen molar-refractivity contribution in [3.8, 4) is 0 Å². The van der Waals surface area contributed by atoms with Crippen LogP contribution in [0.3, 0.4) is 0 Å². The van der Waals surface area contributed by atoms with Crippen LogP contribution in [0.1, 0.15) is 29.8 Å². The molecular weight excluding hydrogens is 306 g/mol. The largest absolute Gasteiger partial charge is 0.355 e. The van der Waals surface area contributed by atoms with Gasteiger partial charge in [-0.05, 0) is 49.6 Å². The number of amides is 1. The van der Waals surface area contributed by atoms with E-state index >= 15 is 0 Å². The Labute approximate surface area is 138 Å². The normalized spacial score (nSPS) is 14.8. The number of hydrogen-bond donors (Lipinski definition) is 2. The third-order valence-electron chi connectivity index (χ3n) is 4.14. The number of piperidine rings is 1. The lowest BCUT2D eigenvalue weighted by molar-refractivity contribution is 0.102. The van der Waals surface area contributed by atoms with Gasteiger partial charge in [0, 0.05) is 18.8 Å². The second-order valence-corrected chi connectivity index (χ2v) is 5.81. The highest BCUT2D eigenvalue weighted by atomic mass is 16.1. The van der Waals surface area contributed by atoms with E-state index in [4.69, 9.17) is 0 Å². The summed E-state index contributed by atoms with van der Waals surface area (Å²) in [5.74, 6) is 0.533. The van der Waals surface area contributed by atoms with Crippen LogP contribution in [0.5, 0.6) is 0 Å². The van der Waals surface area contributed by atoms with Crippen LogP contribution in [0.4, 0.5) is 11.5 Å². The van der Waals surface area contributed by atoms with E-state index in [-0.39, 0.29) is 11.6 Å². The Kier molecular flexibility index (Phi) is 3.78. The predicted octanol–water partition coefficient (Wildman–Crippen LogP) is 1.99. The molecule has 1 aromatic carbocycles. The number of fused-ring (bicyclic) bond motifs is 1. The molecule has 0 unspecified atom stereocenters. The topological polar surface area (TPSA) is 99.7 Å². The van der Waals surface area contributed by atoms with Crippen LogP contribution in [0.2, 0.25) is 0 Å². The summed E-state index contributed by atoms with van der Waals surface area (Å²) < 4.78 is 0. The molecule has 8 heteroatoms. The SMILES string of the molecule is O=C(Nc1ccc2n[nH]nc2c1)c1ccc(N2CCCCC2)nn1. The van der Waals surface area contributed by atoms with Crippen LogP contribution in [-0.4, -0.2) is 44.6 Å². The lowest BCUT2D eigenvalue weighted by atomic mass is 10.1. The van der Waals surface area contributed by atoms with Gasteiger partial charge >= 0.3 is 0 Å². The summed E-state index contributed by atoms with van der Waals surface area (Å²) in [5, 5.41) is 21.6. The molecule has 1 aliphatic rings. The maximum Gasteiger partial charge on any atom is 0.276 e. The van der Waals surface area contributed by atoms with Gasteiger partial charge in [0.25, 0.3) is 5.91 Å². The number of aromatic nitrogens is 5. The molecule has 0 spiro atoms. The minimum absolute atomic E-state index is 0.288. The Bertz CT molecular complexity index is 852. The van der Waals surface area contributed by atoms with Crippen molar-refractivity contribution in [3.05, 3.63) is 36.0 Å². The molecule has 1 amide bonds. The fourth-order valence-electron chi connectivity index (χ4n) is 2.85. The molecule has 3 heterocycles. The molecule has 0 aliphatic carbocycles. The summed E-state index contributed by atoms with van der Waals surface area (Å²) >= 11 is 0. The third-order valence-corrected chi connectivity index (χ3v) is 4.14. The summed E-state index contributed by atoms with van der Waals surface area (Å²) in [4.78, 5) is 14.5. The smallest absolute Gasteiger partial charge is 0.276 e. The fraction of sp³-hybridized carbons (Fsp3) is 0.312. The number of carbonyl (C=O) groups excluding carboxylic acids is 1. The number of rotatable bonds is 3. The van der Waals surface area contributed by atoms with Crippen molar-refractivity contribution in [2.75, 3.05) is 23.3 Å². The van der Waals surface area contributed by atoms with Crippen LogP contribution in [0, 0.1) is 0 Å². The molecule has 1 aliphatic heterocycles. The minimum atomic E-state index is -0.296. The van der Waals surface area contributed by atoms with E-state index in [2.05, 4.69) is 35.8 Å². The van der Waals surface area contributed by atoms with Crippen molar-refractivity contribution in [2.45, 2.75) is 19.3 Å². The zero-order valence-corrected chi connectivity index (χ0v) is 13.1. The molecule has 1 fully saturated rings. The van der Waals surface area contributed by atoms with Gasteiger partial charge in [-0.25, -0.2) is 0 Å². The van der Waals surface area contributed by atoms with E-state index in [1.54, 1.807) is 24.3 Å². The van der Waals surface area contributed by atoms with E-state index in [0.717, 1.165) is 24.4 Å². The van der Waals surface area contributed by atoms with E-state index in [0.29, 0.717) is 11.2 Å². The lowest BCUT2D eigenvalue weighted by Crippen LogP contribution is -2.30. The molecule has 0 atom stereocenters. The van der Waals surface area contributed by atoms with Gasteiger partial charge in [0.2, 0.25) is 0 Å². The van der Waals surface area contributed by atoms with Crippen LogP contribution < -0.4 is 10.2 Å². The molecule has 0 saturated carbocycles. The summed E-state index contributed by atoms with van der Waals surface area (Å²) in [7, 11) is 0. The van der Waals surface area contributed by atoms with E-state index in [1.165, 1.54) is 19.3 Å². The monoisotopic (exact) mass is 323 g/mol. The molecule has 1 saturated heterocycles. The minimum Gasteiger partial charge on any atom is -0.355 e. The number of benzene rings is 1. The number of nitrogens with one attached hydrogen (secondary N) is 2. The number of carbonyl (C=O) groups is 1. The van der Waals surface area contributed by atoms with Crippen molar-refractivity contribution in [1.29, 1.82) is 0 Å². The Hall–Kier alpha value is -3.03. The standard InChI is InChI=1S/C16H17N7O/c24-16(17-11-4-5-12-14(10-11)20-22-19-12)13-6-7-15(21-18-13)23-8-2-1-3-9-23/h4-7,10H,1-3,8-9H2,(H,17,24)(H,19,20,22). The van der Waals surface area contributed by atoms with Gasteiger partial charge in [-0.3, -0.25) is 4.79 Å². The van der Waals surface area contributed by atoms with Crippen molar-refractivity contribution in [2.24, 2.45) is 0 Å². The zero-order chi connectivity index (χ0) is 16.4. The molecule has 4 rings (SSSR count). The van der Waals surface area contributed by atoms with E-state index < -0.39 is 0 Å². The Morgan fingerprint density at radius 3 is 2.62 bits per heavy atom. The van der Waals surface area contributed by atoms with Gasteiger partial charge in [-0.15, -0.1) is 10.2 Å². The predicted molar refractivity (Wildman–Crippen MR) is 89.9 cm³/mol. The van der Waals surface area contributed by atoms with Gasteiger partial charge in [0.05, 0.1) is 0 Å². The second kappa shape index (κ2) is 6.23. The summed E-state index contributed by atoms with van der Waals surface area (Å²) in [6, 6.07) is 8.89. The summed E-state index contributed by atoms with van der Waals surface area (Å²) in [5.41, 5.74) is 2.37. The number of nitrogens with zero attached hydrogens (tertiary/aromatic N) is 5. The number of aromatic amines is 1. The highest BCUT2D eigenvalue weighted by Gasteiger charge is 2.14. The van der Waals surface area contributed by atoms with Gasteiger partial charge in [0.1, 0.15) is 11.0 Å². The van der Waals surface area contributed by atoms with Crippen LogP contribution in [0.15, 0.2) is 30.3 Å². The Balaban J connectivity index is 1.47. The van der Waals surface area contributed by atoms with Gasteiger partial charge in [0.15, 0.2) is 11.5 Å². The number of H-pyrrole nitrogens is 1. The highest BCUT2D eigenvalue weighted by molar-refractivity contribution is 6.03. The number of anilines is 2. The van der Waals surface area contributed by atoms with Gasteiger partial charge in [-0.1, -0.05) is 0 Å². The average Bonchev–Trinajstić information content (AvgIpc) is 3.10. The van der Waals surface area contributed by atoms with Crippen LogP contribution in [-0.2, 0) is 0 Å². The second-order valence-electron chi connectivity index (χ2n) is 5.81. The number of hydrogen-bond acceptors (Lipinski definition) is 6. The summed E-state index contributed by atoms with van der Waals surface area (Å²) in [6.07, 6.45) is 3.61. The molecular formula is C16H17N7O. The first kappa shape index (κ1) is 14.6. The Morgan fingerprint density at radius 2 is 1.83 bits per heavy atom. The molecule has 0 radical (unpaired) electrons. The maximum absolute atomic E-state index is 12.3. The van der Waals surface area contributed by atoms with Crippen molar-refractivity contribution < 1.29 is 4.79 Å². The van der Waals surface area contributed by atoms with Crippen molar-refractivity contribution >= 4 is 28.4 Å². The quantitative estimate of drug-likeness (QED) is 0.764. The fourth-order valence-corrected chi connectivity index (χ4v) is 2.85. The average molecular weight is 323 g/mol. The van der Waals surface area contributed by atoms with E-state index in [9.17, 15) is 4.79 Å². The molecule has 24 heavy (non-hydrogen) atoms. The Morgan fingerprint density at radius 1 is 1.00 bits per heavy atom. The van der Waals surface area contributed by atoms with Crippen LogP contribution in [0.25, 0.3) is 11.0 Å². The van der Waals surface area contributed by atoms with E-state index in [1.807, 2.05) is 6.07 Å². The molecule has 8 nitrogen and oxygen atoms in total. The lowest BCUT2D eigenvalue weighted by Gasteiger charge is -2.27. The highest BCUT2D eigenvalue weighted by Crippen LogP contribution is 2.18. The molecule has 122 valence electrons. The molecule has 2 N–H and O–H groups in total. The molecule has 2 aromatic heterocycles. The first-order chi connectivity index (χ1) is 11.8. The first-order valence-electron chi connectivity index (χ1n) is 8.00. The van der Waals surface area contributed by atoms with Gasteiger partial charge < -0.3 is 10.2 Å². The van der Waals surface area contributed by atoms with Crippen LogP contribution >= 0.6 is 0 Å². The zero-order valence-electron chi connectivity index (χ0n) is 13.1. The molecule has 0 bridgehead atoms. The van der Waals surface area contributed by atoms with Crippen molar-refractivity contribution in [1.82, 2.24) is 25.6 Å². The molecule has 3 aromatic rings. The first-order valence-corrected chi connectivity index (χ1v) is 8.00. The third kappa shape index (κ3) is 2.90. The van der Waals surface area contributed by atoms with Crippen molar-refractivity contribution in [3.63, 3.8) is 0 Å². The summed E-state index contributed by atoms with van der Waals surface area (Å²) in [6.45, 7) is 2.00. The maximum atomic E-state index is 12.3.